The van der Waals surface area contributed by atoms with Crippen LogP contribution in [0.25, 0.3) is 0 Å². The summed E-state index contributed by atoms with van der Waals surface area (Å²) >= 11 is 0. The van der Waals surface area contributed by atoms with Crippen molar-refractivity contribution in [1.82, 2.24) is 0 Å². The molecule has 0 heteroatoms. The molecule has 0 nitrogen and oxygen atoms in total. The third-order valence-electron chi connectivity index (χ3n) is 5.30. The maximum Gasteiger partial charge on any atom is -0.0269 e. The van der Waals surface area contributed by atoms with Gasteiger partial charge < -0.3 is 0 Å². The largest absolute Gasteiger partial charge is 0.0654 e. The van der Waals surface area contributed by atoms with Crippen LogP contribution in [0.2, 0.25) is 0 Å². The third kappa shape index (κ3) is 2.57. The standard InChI is InChI=1S/C15H30/c1-7-9-13(11(3)4)10-14-12(5)15(14,6)8-2/h11-14H,7-10H2,1-6H3. The summed E-state index contributed by atoms with van der Waals surface area (Å²) in [6.45, 7) is 14.4. The first-order valence-electron chi connectivity index (χ1n) is 6.97. The lowest BCUT2D eigenvalue weighted by atomic mass is 9.85. The van der Waals surface area contributed by atoms with Gasteiger partial charge in [-0.15, -0.1) is 0 Å². The van der Waals surface area contributed by atoms with Crippen LogP contribution < -0.4 is 0 Å². The minimum absolute atomic E-state index is 0.681. The molecule has 0 amide bonds. The zero-order valence-electron chi connectivity index (χ0n) is 11.6. The van der Waals surface area contributed by atoms with Gasteiger partial charge in [0.1, 0.15) is 0 Å². The smallest absolute Gasteiger partial charge is 0.0269 e. The van der Waals surface area contributed by atoms with E-state index in [9.17, 15) is 0 Å². The second-order valence-corrected chi connectivity index (χ2v) is 6.28. The minimum atomic E-state index is 0.681. The monoisotopic (exact) mass is 210 g/mol. The summed E-state index contributed by atoms with van der Waals surface area (Å²) in [6, 6.07) is 0. The second kappa shape index (κ2) is 4.89. The zero-order valence-corrected chi connectivity index (χ0v) is 11.6. The first-order chi connectivity index (χ1) is 6.97. The van der Waals surface area contributed by atoms with Crippen LogP contribution in [0, 0.1) is 29.1 Å². The number of hydrogen-bond donors (Lipinski definition) is 0. The summed E-state index contributed by atoms with van der Waals surface area (Å²) in [5.74, 6) is 3.83. The Kier molecular flexibility index (Phi) is 4.26. The molecule has 1 rings (SSSR count). The molecule has 0 aromatic carbocycles. The Labute approximate surface area is 96.8 Å². The third-order valence-corrected chi connectivity index (χ3v) is 5.30. The molecule has 0 radical (unpaired) electrons. The van der Waals surface area contributed by atoms with Gasteiger partial charge in [0.25, 0.3) is 0 Å². The van der Waals surface area contributed by atoms with Crippen molar-refractivity contribution in [2.75, 3.05) is 0 Å². The van der Waals surface area contributed by atoms with Crippen molar-refractivity contribution < 1.29 is 0 Å². The minimum Gasteiger partial charge on any atom is -0.0654 e. The molecule has 0 bridgehead atoms. The normalized spacial score (nSPS) is 37.0. The summed E-state index contributed by atoms with van der Waals surface area (Å²) in [6.07, 6.45) is 5.64. The van der Waals surface area contributed by atoms with Crippen LogP contribution in [-0.4, -0.2) is 0 Å². The van der Waals surface area contributed by atoms with E-state index in [1.165, 1.54) is 25.7 Å². The van der Waals surface area contributed by atoms with Crippen molar-refractivity contribution in [3.05, 3.63) is 0 Å². The predicted octanol–water partition coefficient (Wildman–Crippen LogP) is 5.13. The van der Waals surface area contributed by atoms with Crippen LogP contribution in [0.1, 0.15) is 67.2 Å². The molecule has 15 heavy (non-hydrogen) atoms. The van der Waals surface area contributed by atoms with Crippen LogP contribution >= 0.6 is 0 Å². The van der Waals surface area contributed by atoms with Gasteiger partial charge in [-0.1, -0.05) is 60.8 Å². The summed E-state index contributed by atoms with van der Waals surface area (Å²) in [5, 5.41) is 0. The Bertz CT molecular complexity index is 194. The molecule has 1 aliphatic carbocycles. The van der Waals surface area contributed by atoms with E-state index in [0.29, 0.717) is 5.41 Å². The highest BCUT2D eigenvalue weighted by atomic mass is 14.6. The molecule has 0 heterocycles. The highest BCUT2D eigenvalue weighted by Crippen LogP contribution is 2.63. The molecule has 1 aliphatic rings. The lowest BCUT2D eigenvalue weighted by Crippen LogP contribution is -2.11. The van der Waals surface area contributed by atoms with E-state index in [1.807, 2.05) is 0 Å². The first kappa shape index (κ1) is 13.1. The fourth-order valence-corrected chi connectivity index (χ4v) is 3.39. The maximum atomic E-state index is 2.49. The van der Waals surface area contributed by atoms with Gasteiger partial charge in [-0.2, -0.15) is 0 Å². The molecule has 1 fully saturated rings. The maximum absolute atomic E-state index is 2.49. The van der Waals surface area contributed by atoms with Gasteiger partial charge in [-0.3, -0.25) is 0 Å². The fraction of sp³-hybridized carbons (Fsp3) is 1.00. The first-order valence-corrected chi connectivity index (χ1v) is 6.97. The molecule has 4 atom stereocenters. The Balaban J connectivity index is 2.47. The van der Waals surface area contributed by atoms with E-state index in [-0.39, 0.29) is 0 Å². The number of rotatable bonds is 6. The highest BCUT2D eigenvalue weighted by Gasteiger charge is 2.56. The van der Waals surface area contributed by atoms with E-state index in [1.54, 1.807) is 0 Å². The molecular formula is C15H30. The number of hydrogen-bond acceptors (Lipinski definition) is 0. The van der Waals surface area contributed by atoms with Crippen LogP contribution in [0.3, 0.4) is 0 Å². The second-order valence-electron chi connectivity index (χ2n) is 6.28. The summed E-state index contributed by atoms with van der Waals surface area (Å²) in [5.41, 5.74) is 0.681. The average Bonchev–Trinajstić information content (AvgIpc) is 2.70. The van der Waals surface area contributed by atoms with E-state index in [4.69, 9.17) is 0 Å². The van der Waals surface area contributed by atoms with E-state index in [2.05, 4.69) is 41.5 Å². The summed E-state index contributed by atoms with van der Waals surface area (Å²) in [4.78, 5) is 0. The van der Waals surface area contributed by atoms with Crippen LogP contribution in [0.5, 0.6) is 0 Å². The Morgan fingerprint density at radius 3 is 2.13 bits per heavy atom. The average molecular weight is 210 g/mol. The quantitative estimate of drug-likeness (QED) is 0.570. The van der Waals surface area contributed by atoms with Crippen molar-refractivity contribution in [2.45, 2.75) is 67.2 Å². The lowest BCUT2D eigenvalue weighted by molar-refractivity contribution is 0.296. The summed E-state index contributed by atoms with van der Waals surface area (Å²) in [7, 11) is 0. The van der Waals surface area contributed by atoms with Gasteiger partial charge in [0.05, 0.1) is 0 Å². The molecule has 0 aromatic rings. The van der Waals surface area contributed by atoms with Gasteiger partial charge >= 0.3 is 0 Å². The zero-order chi connectivity index (χ0) is 11.6. The molecule has 0 N–H and O–H groups in total. The van der Waals surface area contributed by atoms with Crippen molar-refractivity contribution in [3.8, 4) is 0 Å². The van der Waals surface area contributed by atoms with E-state index >= 15 is 0 Å². The fourth-order valence-electron chi connectivity index (χ4n) is 3.39. The molecule has 0 aliphatic heterocycles. The van der Waals surface area contributed by atoms with Crippen LogP contribution in [0.15, 0.2) is 0 Å². The molecule has 1 saturated carbocycles. The van der Waals surface area contributed by atoms with Gasteiger partial charge in [-0.05, 0) is 35.5 Å². The lowest BCUT2D eigenvalue weighted by Gasteiger charge is -2.21. The molecule has 0 aromatic heterocycles. The Morgan fingerprint density at radius 1 is 1.20 bits per heavy atom. The molecule has 0 saturated heterocycles. The van der Waals surface area contributed by atoms with E-state index in [0.717, 1.165) is 23.7 Å². The van der Waals surface area contributed by atoms with Gasteiger partial charge in [0.2, 0.25) is 0 Å². The SMILES string of the molecule is CCCC(CC1C(C)C1(C)CC)C(C)C. The molecule has 4 unspecified atom stereocenters. The Hall–Kier alpha value is 0. The van der Waals surface area contributed by atoms with Gasteiger partial charge in [-0.25, -0.2) is 0 Å². The molecule has 0 spiro atoms. The topological polar surface area (TPSA) is 0 Å². The van der Waals surface area contributed by atoms with Crippen LogP contribution in [0.4, 0.5) is 0 Å². The molecular weight excluding hydrogens is 180 g/mol. The van der Waals surface area contributed by atoms with Gasteiger partial charge in [0.15, 0.2) is 0 Å². The van der Waals surface area contributed by atoms with Crippen molar-refractivity contribution in [1.29, 1.82) is 0 Å². The van der Waals surface area contributed by atoms with E-state index < -0.39 is 0 Å². The summed E-state index contributed by atoms with van der Waals surface area (Å²) < 4.78 is 0. The Morgan fingerprint density at radius 2 is 1.80 bits per heavy atom. The van der Waals surface area contributed by atoms with Crippen molar-refractivity contribution in [2.24, 2.45) is 29.1 Å². The predicted molar refractivity (Wildman–Crippen MR) is 68.9 cm³/mol. The molecule has 90 valence electrons. The highest BCUT2D eigenvalue weighted by molar-refractivity contribution is 5.04. The van der Waals surface area contributed by atoms with Crippen molar-refractivity contribution >= 4 is 0 Å². The van der Waals surface area contributed by atoms with Crippen LogP contribution in [-0.2, 0) is 0 Å². The van der Waals surface area contributed by atoms with Gasteiger partial charge in [0, 0.05) is 0 Å². The van der Waals surface area contributed by atoms with Crippen molar-refractivity contribution in [3.63, 3.8) is 0 Å².